The third-order valence-corrected chi connectivity index (χ3v) is 0.412. The van der Waals surface area contributed by atoms with Crippen LogP contribution in [-0.2, 0) is 0 Å². The third-order valence-electron chi connectivity index (χ3n) is 0.412. The normalized spacial score (nSPS) is 10.0. The Balaban J connectivity index is 0. The van der Waals surface area contributed by atoms with E-state index < -0.39 is 0 Å². The summed E-state index contributed by atoms with van der Waals surface area (Å²) in [5.41, 5.74) is 0. The topological polar surface area (TPSA) is 64.7 Å². The van der Waals surface area contributed by atoms with Crippen LogP contribution in [-0.4, -0.2) is 24.1 Å². The van der Waals surface area contributed by atoms with Crippen molar-refractivity contribution in [1.29, 1.82) is 0 Å². The molecule has 0 aromatic heterocycles. The van der Waals surface area contributed by atoms with Crippen molar-refractivity contribution < 1.29 is 34.5 Å². The maximum Gasteiger partial charge on any atom is 1.00 e. The molecule has 0 saturated carbocycles. The predicted molar refractivity (Wildman–Crippen MR) is 23.1 cm³/mol. The molecular weight excluding hydrogens is 121 g/mol. The van der Waals surface area contributed by atoms with Crippen LogP contribution in [0, 0.1) is 10.4 Å². The van der Waals surface area contributed by atoms with Gasteiger partial charge in [-0.1, -0.05) is 0 Å². The molecule has 0 aliphatic carbocycles. The molecule has 0 aromatic rings. The van der Waals surface area contributed by atoms with Crippen LogP contribution in [0.3, 0.4) is 0 Å². The zero-order chi connectivity index (χ0) is 5.86. The fraction of sp³-hybridized carbons (Fsp3) is 1.00. The van der Waals surface area contributed by atoms with E-state index in [-0.39, 0.29) is 34.5 Å². The summed E-state index contributed by atoms with van der Waals surface area (Å²) in [7, 11) is 2.85. The second kappa shape index (κ2) is 5.14. The largest absolute Gasteiger partial charge is 1.00 e. The van der Waals surface area contributed by atoms with E-state index in [4.69, 9.17) is 0 Å². The van der Waals surface area contributed by atoms with Gasteiger partial charge in [-0.05, 0) is 5.28 Å². The molecule has 0 unspecified atom stereocenters. The molecule has 42 valence electrons. The molecule has 0 fully saturated rings. The van der Waals surface area contributed by atoms with Gasteiger partial charge in [0.15, 0.2) is 0 Å². The second-order valence-electron chi connectivity index (χ2n) is 1.18. The summed E-state index contributed by atoms with van der Waals surface area (Å²) in [5, 5.41) is 22.2. The Bertz CT molecular complexity index is 83.4. The van der Waals surface area contributed by atoms with E-state index in [1.165, 1.54) is 14.1 Å². The summed E-state index contributed by atoms with van der Waals surface area (Å²) in [6.07, 6.45) is 0. The van der Waals surface area contributed by atoms with Crippen LogP contribution in [0.4, 0.5) is 0 Å². The third kappa shape index (κ3) is 4.17. The SMILES string of the molecule is CN(C)/[N+]([O-])=N\[O-].[Na+]. The van der Waals surface area contributed by atoms with E-state index in [2.05, 4.69) is 0 Å². The zero-order valence-electron chi connectivity index (χ0n) is 5.16. The minimum Gasteiger partial charge on any atom is -0.737 e. The van der Waals surface area contributed by atoms with Gasteiger partial charge in [0.05, 0.1) is 14.1 Å². The summed E-state index contributed by atoms with van der Waals surface area (Å²) >= 11 is 0. The first-order valence-electron chi connectivity index (χ1n) is 1.66. The summed E-state index contributed by atoms with van der Waals surface area (Å²) in [5.74, 6) is 0. The first-order valence-corrected chi connectivity index (χ1v) is 1.66. The van der Waals surface area contributed by atoms with Gasteiger partial charge in [-0.2, -0.15) is 5.01 Å². The van der Waals surface area contributed by atoms with Gasteiger partial charge in [-0.25, -0.2) is 0 Å². The van der Waals surface area contributed by atoms with Gasteiger partial charge in [0, 0.05) is 4.97 Å². The first-order chi connectivity index (χ1) is 3.18. The van der Waals surface area contributed by atoms with Crippen molar-refractivity contribution in [3.63, 3.8) is 0 Å². The Labute approximate surface area is 69.4 Å². The van der Waals surface area contributed by atoms with E-state index >= 15 is 0 Å². The molecule has 0 N–H and O–H groups in total. The van der Waals surface area contributed by atoms with Crippen LogP contribution in [0.5, 0.6) is 0 Å². The summed E-state index contributed by atoms with van der Waals surface area (Å²) in [6, 6.07) is 0. The van der Waals surface area contributed by atoms with Crippen molar-refractivity contribution >= 4 is 0 Å². The molecule has 0 aromatic carbocycles. The second-order valence-corrected chi connectivity index (χ2v) is 1.18. The van der Waals surface area contributed by atoms with Gasteiger partial charge in [0.2, 0.25) is 0 Å². The molecule has 8 heavy (non-hydrogen) atoms. The zero-order valence-corrected chi connectivity index (χ0v) is 7.16. The van der Waals surface area contributed by atoms with Crippen molar-refractivity contribution in [3.05, 3.63) is 10.4 Å². The molecule has 6 heteroatoms. The van der Waals surface area contributed by atoms with Gasteiger partial charge in [-0.15, -0.1) is 0 Å². The minimum absolute atomic E-state index is 0. The number of hydrogen-bond acceptors (Lipinski definition) is 3. The molecule has 0 atom stereocenters. The van der Waals surface area contributed by atoms with Gasteiger partial charge in [0.1, 0.15) is 0 Å². The van der Waals surface area contributed by atoms with Gasteiger partial charge in [-0.3, -0.25) is 0 Å². The van der Waals surface area contributed by atoms with E-state index in [0.717, 1.165) is 5.01 Å². The van der Waals surface area contributed by atoms with Crippen molar-refractivity contribution in [1.82, 2.24) is 5.01 Å². The molecule has 0 aliphatic heterocycles. The molecule has 0 bridgehead atoms. The van der Waals surface area contributed by atoms with Crippen LogP contribution in [0.1, 0.15) is 0 Å². The molecule has 0 spiro atoms. The van der Waals surface area contributed by atoms with Crippen molar-refractivity contribution in [2.45, 2.75) is 0 Å². The van der Waals surface area contributed by atoms with Crippen LogP contribution in [0.25, 0.3) is 0 Å². The molecule has 0 saturated heterocycles. The van der Waals surface area contributed by atoms with Crippen molar-refractivity contribution in [3.8, 4) is 0 Å². The Morgan fingerprint density at radius 1 is 1.50 bits per heavy atom. The van der Waals surface area contributed by atoms with Crippen LogP contribution < -0.4 is 29.6 Å². The predicted octanol–water partition coefficient (Wildman–Crippen LogP) is -3.07. The standard InChI is InChI=1S/C2H7N3O2.Na/c1-4(2)5(7)3-6;/h6H,1-2H3;/q;+1/p-1/b5-3+;. The van der Waals surface area contributed by atoms with E-state index in [1.807, 2.05) is 5.28 Å². The van der Waals surface area contributed by atoms with Crippen LogP contribution >= 0.6 is 0 Å². The fourth-order valence-corrected chi connectivity index (χ4v) is 0.0730. The molecule has 0 amide bonds. The molecule has 0 rings (SSSR count). The average Bonchev–Trinajstić information content (AvgIpc) is 1.65. The van der Waals surface area contributed by atoms with E-state index in [1.54, 1.807) is 0 Å². The van der Waals surface area contributed by atoms with Crippen molar-refractivity contribution in [2.75, 3.05) is 14.1 Å². The molecule has 0 heterocycles. The number of hydrazine groups is 1. The monoisotopic (exact) mass is 127 g/mol. The van der Waals surface area contributed by atoms with Crippen LogP contribution in [0.15, 0.2) is 5.28 Å². The number of nitrogens with zero attached hydrogens (tertiary/aromatic N) is 3. The maximum absolute atomic E-state index is 9.88. The first kappa shape index (κ1) is 10.9. The van der Waals surface area contributed by atoms with Gasteiger partial charge >= 0.3 is 29.6 Å². The number of hydrogen-bond donors (Lipinski definition) is 0. The maximum atomic E-state index is 9.88. The smallest absolute Gasteiger partial charge is 0.737 e. The molecule has 5 nitrogen and oxygen atoms in total. The summed E-state index contributed by atoms with van der Waals surface area (Å²) < 4.78 is 0. The Kier molecular flexibility index (Phi) is 7.00. The quantitative estimate of drug-likeness (QED) is 0.162. The summed E-state index contributed by atoms with van der Waals surface area (Å²) in [6.45, 7) is 0. The van der Waals surface area contributed by atoms with Gasteiger partial charge < -0.3 is 10.4 Å². The van der Waals surface area contributed by atoms with E-state index in [9.17, 15) is 10.4 Å². The fourth-order valence-electron chi connectivity index (χ4n) is 0.0730. The minimum atomic E-state index is -0.0556. The number of rotatable bonds is 1. The Hall–Kier alpha value is 0. The van der Waals surface area contributed by atoms with Crippen molar-refractivity contribution in [2.24, 2.45) is 5.28 Å². The Morgan fingerprint density at radius 3 is 1.88 bits per heavy atom. The Morgan fingerprint density at radius 2 is 1.88 bits per heavy atom. The van der Waals surface area contributed by atoms with Crippen LogP contribution in [0.2, 0.25) is 0 Å². The molecule has 0 aliphatic rings. The summed E-state index contributed by atoms with van der Waals surface area (Å²) in [4.78, 5) is -0.0556. The van der Waals surface area contributed by atoms with E-state index in [0.29, 0.717) is 0 Å². The molecule has 0 radical (unpaired) electrons. The van der Waals surface area contributed by atoms with Gasteiger partial charge in [0.25, 0.3) is 0 Å². The molecular formula is C2H6N3NaO2. The average molecular weight is 127 g/mol.